The number of nitrogens with zero attached hydrogens (tertiary/aromatic N) is 1. The summed E-state index contributed by atoms with van der Waals surface area (Å²) in [6, 6.07) is 10.6. The van der Waals surface area contributed by atoms with Gasteiger partial charge in [0.1, 0.15) is 12.4 Å². The Labute approximate surface area is 110 Å². The van der Waals surface area contributed by atoms with Crippen molar-refractivity contribution in [3.05, 3.63) is 30.3 Å². The molecule has 0 aromatic heterocycles. The van der Waals surface area contributed by atoms with E-state index in [2.05, 4.69) is 17.1 Å². The van der Waals surface area contributed by atoms with E-state index in [1.54, 1.807) is 0 Å². The number of ether oxygens (including phenoxy) is 1. The van der Waals surface area contributed by atoms with Gasteiger partial charge in [0.2, 0.25) is 0 Å². The van der Waals surface area contributed by atoms with Crippen molar-refractivity contribution in [2.75, 3.05) is 32.8 Å². The van der Waals surface area contributed by atoms with Crippen LogP contribution in [0.15, 0.2) is 30.3 Å². The molecule has 4 heteroatoms. The number of halogens is 1. The van der Waals surface area contributed by atoms with Crippen LogP contribution in [-0.2, 0) is 0 Å². The summed E-state index contributed by atoms with van der Waals surface area (Å²) in [6.07, 6.45) is 0. The maximum atomic E-state index is 5.69. The smallest absolute Gasteiger partial charge is 0.119 e. The van der Waals surface area contributed by atoms with Crippen molar-refractivity contribution in [3.8, 4) is 5.75 Å². The van der Waals surface area contributed by atoms with Gasteiger partial charge in [-0.05, 0) is 19.1 Å². The van der Waals surface area contributed by atoms with Gasteiger partial charge in [-0.3, -0.25) is 4.90 Å². The van der Waals surface area contributed by atoms with Crippen LogP contribution in [0.5, 0.6) is 5.75 Å². The molecule has 0 aliphatic carbocycles. The molecule has 0 bridgehead atoms. The molecule has 1 aromatic rings. The lowest BCUT2D eigenvalue weighted by Crippen LogP contribution is -2.50. The number of hydrogen-bond acceptors (Lipinski definition) is 3. The zero-order valence-electron chi connectivity index (χ0n) is 10.3. The lowest BCUT2D eigenvalue weighted by Gasteiger charge is -2.33. The van der Waals surface area contributed by atoms with E-state index in [-0.39, 0.29) is 12.4 Å². The normalized spacial score (nSPS) is 20.6. The van der Waals surface area contributed by atoms with Crippen LogP contribution in [0.4, 0.5) is 0 Å². The first-order chi connectivity index (χ1) is 7.86. The first-order valence-electron chi connectivity index (χ1n) is 5.99. The van der Waals surface area contributed by atoms with Gasteiger partial charge < -0.3 is 10.1 Å². The molecular formula is C13H21ClN2O. The number of rotatable bonds is 4. The van der Waals surface area contributed by atoms with Gasteiger partial charge >= 0.3 is 0 Å². The second kappa shape index (κ2) is 7.54. The minimum Gasteiger partial charge on any atom is -0.492 e. The minimum atomic E-state index is 0. The predicted molar refractivity (Wildman–Crippen MR) is 73.1 cm³/mol. The predicted octanol–water partition coefficient (Wildman–Crippen LogP) is 1.78. The van der Waals surface area contributed by atoms with Gasteiger partial charge in [0, 0.05) is 32.2 Å². The van der Waals surface area contributed by atoms with Gasteiger partial charge in [-0.25, -0.2) is 0 Å². The molecule has 3 nitrogen and oxygen atoms in total. The molecule has 1 fully saturated rings. The molecule has 0 amide bonds. The van der Waals surface area contributed by atoms with Crippen molar-refractivity contribution in [2.24, 2.45) is 0 Å². The zero-order valence-corrected chi connectivity index (χ0v) is 11.1. The fraction of sp³-hybridized carbons (Fsp3) is 0.538. The Balaban J connectivity index is 0.00000144. The molecule has 1 atom stereocenters. The highest BCUT2D eigenvalue weighted by Crippen LogP contribution is 2.08. The maximum absolute atomic E-state index is 5.69. The minimum absolute atomic E-state index is 0. The van der Waals surface area contributed by atoms with Gasteiger partial charge in [0.15, 0.2) is 0 Å². The number of nitrogens with one attached hydrogen (secondary N) is 1. The molecule has 1 aliphatic rings. The number of hydrogen-bond donors (Lipinski definition) is 1. The first kappa shape index (κ1) is 14.3. The lowest BCUT2D eigenvalue weighted by molar-refractivity contribution is 0.143. The fourth-order valence-electron chi connectivity index (χ4n) is 2.01. The standard InChI is InChI=1S/C13H20N2O.ClH/c1-12-11-14-7-8-15(12)9-10-16-13-5-3-2-4-6-13;/h2-6,12,14H,7-11H2,1H3;1H. The topological polar surface area (TPSA) is 24.5 Å². The monoisotopic (exact) mass is 256 g/mol. The molecule has 1 unspecified atom stereocenters. The number of piperazine rings is 1. The molecular weight excluding hydrogens is 236 g/mol. The summed E-state index contributed by atoms with van der Waals surface area (Å²) in [4.78, 5) is 2.47. The third kappa shape index (κ3) is 4.54. The van der Waals surface area contributed by atoms with E-state index in [1.165, 1.54) is 0 Å². The van der Waals surface area contributed by atoms with E-state index in [1.807, 2.05) is 30.3 Å². The second-order valence-electron chi connectivity index (χ2n) is 4.25. The Hall–Kier alpha value is -0.770. The van der Waals surface area contributed by atoms with E-state index in [4.69, 9.17) is 4.74 Å². The van der Waals surface area contributed by atoms with Crippen molar-refractivity contribution >= 4 is 12.4 Å². The number of benzene rings is 1. The Morgan fingerprint density at radius 3 is 2.82 bits per heavy atom. The van der Waals surface area contributed by atoms with Crippen LogP contribution in [0.3, 0.4) is 0 Å². The summed E-state index contributed by atoms with van der Waals surface area (Å²) in [7, 11) is 0. The van der Waals surface area contributed by atoms with Crippen LogP contribution in [0, 0.1) is 0 Å². The van der Waals surface area contributed by atoms with Gasteiger partial charge in [-0.1, -0.05) is 18.2 Å². The van der Waals surface area contributed by atoms with Crippen LogP contribution < -0.4 is 10.1 Å². The lowest BCUT2D eigenvalue weighted by atomic mass is 10.2. The highest BCUT2D eigenvalue weighted by Gasteiger charge is 2.16. The van der Waals surface area contributed by atoms with Crippen molar-refractivity contribution in [3.63, 3.8) is 0 Å². The van der Waals surface area contributed by atoms with Gasteiger partial charge in [-0.15, -0.1) is 12.4 Å². The van der Waals surface area contributed by atoms with Gasteiger partial charge in [0.05, 0.1) is 0 Å². The second-order valence-corrected chi connectivity index (χ2v) is 4.25. The molecule has 1 heterocycles. The summed E-state index contributed by atoms with van der Waals surface area (Å²) >= 11 is 0. The average Bonchev–Trinajstić information content (AvgIpc) is 2.33. The van der Waals surface area contributed by atoms with Crippen LogP contribution in [0.25, 0.3) is 0 Å². The van der Waals surface area contributed by atoms with Gasteiger partial charge in [0.25, 0.3) is 0 Å². The molecule has 1 aromatic carbocycles. The van der Waals surface area contributed by atoms with Gasteiger partial charge in [-0.2, -0.15) is 0 Å². The Morgan fingerprint density at radius 1 is 1.35 bits per heavy atom. The number of para-hydroxylation sites is 1. The Bertz CT molecular complexity index is 308. The summed E-state index contributed by atoms with van der Waals surface area (Å²) in [6.45, 7) is 7.35. The van der Waals surface area contributed by atoms with Crippen molar-refractivity contribution in [1.82, 2.24) is 10.2 Å². The largest absolute Gasteiger partial charge is 0.492 e. The third-order valence-electron chi connectivity index (χ3n) is 3.03. The van der Waals surface area contributed by atoms with Crippen LogP contribution in [0.1, 0.15) is 6.92 Å². The van der Waals surface area contributed by atoms with E-state index in [0.717, 1.165) is 38.5 Å². The van der Waals surface area contributed by atoms with Crippen LogP contribution in [0.2, 0.25) is 0 Å². The summed E-state index contributed by atoms with van der Waals surface area (Å²) < 4.78 is 5.69. The molecule has 1 N–H and O–H groups in total. The van der Waals surface area contributed by atoms with Crippen molar-refractivity contribution < 1.29 is 4.74 Å². The van der Waals surface area contributed by atoms with Crippen molar-refractivity contribution in [2.45, 2.75) is 13.0 Å². The molecule has 96 valence electrons. The SMILES string of the molecule is CC1CNCCN1CCOc1ccccc1.Cl. The Kier molecular flexibility index (Phi) is 6.34. The summed E-state index contributed by atoms with van der Waals surface area (Å²) in [5.74, 6) is 0.963. The molecule has 1 saturated heterocycles. The van der Waals surface area contributed by atoms with E-state index >= 15 is 0 Å². The Morgan fingerprint density at radius 2 is 2.12 bits per heavy atom. The molecule has 0 saturated carbocycles. The molecule has 0 radical (unpaired) electrons. The average molecular weight is 257 g/mol. The first-order valence-corrected chi connectivity index (χ1v) is 5.99. The molecule has 17 heavy (non-hydrogen) atoms. The third-order valence-corrected chi connectivity index (χ3v) is 3.03. The summed E-state index contributed by atoms with van der Waals surface area (Å²) in [5.41, 5.74) is 0. The van der Waals surface area contributed by atoms with E-state index < -0.39 is 0 Å². The fourth-order valence-corrected chi connectivity index (χ4v) is 2.01. The molecule has 2 rings (SSSR count). The molecule has 1 aliphatic heterocycles. The highest BCUT2D eigenvalue weighted by molar-refractivity contribution is 5.85. The van der Waals surface area contributed by atoms with Crippen LogP contribution >= 0.6 is 12.4 Å². The summed E-state index contributed by atoms with van der Waals surface area (Å²) in [5, 5.41) is 3.39. The van der Waals surface area contributed by atoms with E-state index in [9.17, 15) is 0 Å². The maximum Gasteiger partial charge on any atom is 0.119 e. The quantitative estimate of drug-likeness (QED) is 0.889. The van der Waals surface area contributed by atoms with Crippen molar-refractivity contribution in [1.29, 1.82) is 0 Å². The van der Waals surface area contributed by atoms with E-state index in [0.29, 0.717) is 6.04 Å². The highest BCUT2D eigenvalue weighted by atomic mass is 35.5. The molecule has 0 spiro atoms. The zero-order chi connectivity index (χ0) is 11.2. The van der Waals surface area contributed by atoms with Crippen LogP contribution in [-0.4, -0.2) is 43.7 Å².